The number of aryl methyl sites for hydroxylation is 1. The van der Waals surface area contributed by atoms with Gasteiger partial charge in [0.1, 0.15) is 5.75 Å². The molecule has 4 nitrogen and oxygen atoms in total. The number of phenolic OH excluding ortho intramolecular Hbond substituents is 1. The van der Waals surface area contributed by atoms with Gasteiger partial charge in [-0.2, -0.15) is 0 Å². The van der Waals surface area contributed by atoms with E-state index in [1.54, 1.807) is 6.92 Å². The summed E-state index contributed by atoms with van der Waals surface area (Å²) in [6.45, 7) is 1.80. The lowest BCUT2D eigenvalue weighted by Crippen LogP contribution is -1.95. The molecule has 14 heavy (non-hydrogen) atoms. The lowest BCUT2D eigenvalue weighted by molar-refractivity contribution is 0.0699. The van der Waals surface area contributed by atoms with Crippen molar-refractivity contribution in [2.75, 3.05) is 0 Å². The molecule has 0 spiro atoms. The molecule has 5 heteroatoms. The molecule has 1 aromatic carbocycles. The predicted octanol–water partition coefficient (Wildman–Crippen LogP) is 2.01. The van der Waals surface area contributed by atoms with E-state index in [9.17, 15) is 9.90 Å². The van der Waals surface area contributed by atoms with Crippen LogP contribution in [-0.2, 0) is 0 Å². The molecule has 0 aliphatic heterocycles. The highest BCUT2D eigenvalue weighted by Gasteiger charge is 2.13. The Morgan fingerprint density at radius 1 is 1.50 bits per heavy atom. The molecule has 1 aromatic heterocycles. The third kappa shape index (κ3) is 1.31. The number of carboxylic acids is 1. The zero-order valence-electron chi connectivity index (χ0n) is 7.31. The maximum absolute atomic E-state index is 10.8. The number of carbonyl (C=O) groups is 1. The smallest absolute Gasteiger partial charge is 0.337 e. The van der Waals surface area contributed by atoms with Gasteiger partial charge in [0.05, 0.1) is 20.8 Å². The fraction of sp³-hybridized carbons (Fsp3) is 0.111. The fourth-order valence-electron chi connectivity index (χ4n) is 1.29. The van der Waals surface area contributed by atoms with Crippen molar-refractivity contribution in [3.8, 4) is 5.75 Å². The van der Waals surface area contributed by atoms with Gasteiger partial charge in [-0.1, -0.05) is 0 Å². The molecule has 72 valence electrons. The third-order valence-electron chi connectivity index (χ3n) is 1.81. The van der Waals surface area contributed by atoms with Gasteiger partial charge < -0.3 is 10.2 Å². The first-order valence-corrected chi connectivity index (χ1v) is 4.73. The lowest BCUT2D eigenvalue weighted by Gasteiger charge is -1.96. The lowest BCUT2D eigenvalue weighted by atomic mass is 10.2. The number of aromatic hydroxyl groups is 1. The average Bonchev–Trinajstić information content (AvgIpc) is 2.42. The Balaban J connectivity index is 2.85. The number of aromatic nitrogens is 1. The highest BCUT2D eigenvalue weighted by Crippen LogP contribution is 2.29. The van der Waals surface area contributed by atoms with Gasteiger partial charge in [-0.3, -0.25) is 0 Å². The fourth-order valence-corrected chi connectivity index (χ4v) is 2.19. The number of hydrogen-bond acceptors (Lipinski definition) is 4. The van der Waals surface area contributed by atoms with Crippen LogP contribution >= 0.6 is 11.3 Å². The van der Waals surface area contributed by atoms with Crippen LogP contribution in [0.1, 0.15) is 15.4 Å². The number of nitrogens with zero attached hydrogens (tertiary/aromatic N) is 1. The number of rotatable bonds is 1. The maximum atomic E-state index is 10.8. The van der Waals surface area contributed by atoms with Crippen LogP contribution in [0.25, 0.3) is 10.2 Å². The summed E-state index contributed by atoms with van der Waals surface area (Å²) in [6.07, 6.45) is 0. The van der Waals surface area contributed by atoms with Crippen LogP contribution in [0.5, 0.6) is 5.75 Å². The molecule has 2 N–H and O–H groups in total. The normalized spacial score (nSPS) is 10.6. The van der Waals surface area contributed by atoms with Gasteiger partial charge in [0, 0.05) is 6.07 Å². The van der Waals surface area contributed by atoms with Crippen LogP contribution in [-0.4, -0.2) is 21.2 Å². The monoisotopic (exact) mass is 209 g/mol. The largest absolute Gasteiger partial charge is 0.508 e. The molecule has 0 saturated heterocycles. The summed E-state index contributed by atoms with van der Waals surface area (Å²) in [5.74, 6) is -1.12. The summed E-state index contributed by atoms with van der Waals surface area (Å²) in [5, 5.41) is 18.9. The van der Waals surface area contributed by atoms with Crippen molar-refractivity contribution in [2.24, 2.45) is 0 Å². The van der Waals surface area contributed by atoms with Crippen LogP contribution in [0.3, 0.4) is 0 Å². The molecule has 0 aliphatic rings. The van der Waals surface area contributed by atoms with Crippen LogP contribution in [0.15, 0.2) is 12.1 Å². The summed E-state index contributed by atoms with van der Waals surface area (Å²) in [4.78, 5) is 15.0. The Labute approximate surface area is 83.5 Å². The highest BCUT2D eigenvalue weighted by molar-refractivity contribution is 7.18. The van der Waals surface area contributed by atoms with E-state index >= 15 is 0 Å². The van der Waals surface area contributed by atoms with Crippen molar-refractivity contribution in [1.29, 1.82) is 0 Å². The Morgan fingerprint density at radius 2 is 2.21 bits per heavy atom. The molecular formula is C9H7NO3S. The molecule has 0 amide bonds. The summed E-state index contributed by atoms with van der Waals surface area (Å²) in [5.41, 5.74) is 0.635. The second-order valence-corrected chi connectivity index (χ2v) is 4.08. The first kappa shape index (κ1) is 8.96. The molecule has 0 saturated carbocycles. The maximum Gasteiger partial charge on any atom is 0.337 e. The Kier molecular flexibility index (Phi) is 1.89. The number of phenols is 1. The second kappa shape index (κ2) is 2.95. The van der Waals surface area contributed by atoms with E-state index in [1.165, 1.54) is 23.5 Å². The van der Waals surface area contributed by atoms with Crippen molar-refractivity contribution >= 4 is 27.5 Å². The number of thiazole rings is 1. The standard InChI is InChI=1S/C9H7NO3S/c1-4-10-7-3-5(11)2-6(9(12)13)8(7)14-4/h2-3,11H,1H3,(H,12,13). The van der Waals surface area contributed by atoms with Gasteiger partial charge >= 0.3 is 5.97 Å². The van der Waals surface area contributed by atoms with E-state index in [0.29, 0.717) is 10.2 Å². The van der Waals surface area contributed by atoms with Gasteiger partial charge in [0.15, 0.2) is 0 Å². The first-order valence-electron chi connectivity index (χ1n) is 3.91. The number of fused-ring (bicyclic) bond motifs is 1. The minimum Gasteiger partial charge on any atom is -0.508 e. The van der Waals surface area contributed by atoms with Crippen molar-refractivity contribution in [2.45, 2.75) is 6.92 Å². The number of benzene rings is 1. The zero-order chi connectivity index (χ0) is 10.3. The number of hydrogen-bond donors (Lipinski definition) is 2. The highest BCUT2D eigenvalue weighted by atomic mass is 32.1. The molecule has 0 aliphatic carbocycles. The first-order chi connectivity index (χ1) is 6.58. The van der Waals surface area contributed by atoms with Gasteiger partial charge in [0.2, 0.25) is 0 Å². The van der Waals surface area contributed by atoms with E-state index in [1.807, 2.05) is 0 Å². The molecular weight excluding hydrogens is 202 g/mol. The van der Waals surface area contributed by atoms with Crippen molar-refractivity contribution < 1.29 is 15.0 Å². The molecule has 2 aromatic rings. The Bertz CT molecular complexity index is 518. The molecule has 0 bridgehead atoms. The van der Waals surface area contributed by atoms with E-state index < -0.39 is 5.97 Å². The van der Waals surface area contributed by atoms with Gasteiger partial charge in [0.25, 0.3) is 0 Å². The third-order valence-corrected chi connectivity index (χ3v) is 2.83. The summed E-state index contributed by atoms with van der Waals surface area (Å²) in [6, 6.07) is 2.70. The predicted molar refractivity (Wildman–Crippen MR) is 53.0 cm³/mol. The SMILES string of the molecule is Cc1nc2cc(O)cc(C(=O)O)c2s1. The van der Waals surface area contributed by atoms with E-state index in [-0.39, 0.29) is 11.3 Å². The Hall–Kier alpha value is -1.62. The summed E-state index contributed by atoms with van der Waals surface area (Å²) in [7, 11) is 0. The number of aromatic carboxylic acids is 1. The van der Waals surface area contributed by atoms with Crippen molar-refractivity contribution in [1.82, 2.24) is 4.98 Å². The van der Waals surface area contributed by atoms with E-state index in [0.717, 1.165) is 5.01 Å². The molecule has 1 heterocycles. The molecule has 2 rings (SSSR count). The average molecular weight is 209 g/mol. The van der Waals surface area contributed by atoms with Crippen LogP contribution in [0, 0.1) is 6.92 Å². The molecule has 0 fully saturated rings. The summed E-state index contributed by atoms with van der Waals surface area (Å²) >= 11 is 1.31. The van der Waals surface area contributed by atoms with Gasteiger partial charge in [-0.15, -0.1) is 11.3 Å². The van der Waals surface area contributed by atoms with Crippen molar-refractivity contribution in [3.05, 3.63) is 22.7 Å². The van der Waals surface area contributed by atoms with Gasteiger partial charge in [-0.25, -0.2) is 9.78 Å². The van der Waals surface area contributed by atoms with Crippen molar-refractivity contribution in [3.63, 3.8) is 0 Å². The second-order valence-electron chi connectivity index (χ2n) is 2.88. The quantitative estimate of drug-likeness (QED) is 0.753. The van der Waals surface area contributed by atoms with Crippen LogP contribution in [0.4, 0.5) is 0 Å². The Morgan fingerprint density at radius 3 is 2.86 bits per heavy atom. The van der Waals surface area contributed by atoms with E-state index in [2.05, 4.69) is 4.98 Å². The molecule has 0 radical (unpaired) electrons. The minimum absolute atomic E-state index is 0.0693. The summed E-state index contributed by atoms with van der Waals surface area (Å²) < 4.78 is 0.604. The van der Waals surface area contributed by atoms with Crippen LogP contribution in [0.2, 0.25) is 0 Å². The topological polar surface area (TPSA) is 70.4 Å². The minimum atomic E-state index is -1.05. The molecule has 0 atom stereocenters. The number of carboxylic acid groups (broad SMARTS) is 1. The van der Waals surface area contributed by atoms with E-state index in [4.69, 9.17) is 5.11 Å². The van der Waals surface area contributed by atoms with Gasteiger partial charge in [-0.05, 0) is 13.0 Å². The zero-order valence-corrected chi connectivity index (χ0v) is 8.13. The van der Waals surface area contributed by atoms with Crippen LogP contribution < -0.4 is 0 Å². The molecule has 0 unspecified atom stereocenters.